The number of rotatable bonds is 4. The van der Waals surface area contributed by atoms with Gasteiger partial charge in [-0.05, 0) is 12.5 Å². The van der Waals surface area contributed by atoms with Gasteiger partial charge in [0.1, 0.15) is 17.8 Å². The topological polar surface area (TPSA) is 63.6 Å². The largest absolute Gasteiger partial charge is 0.370 e. The van der Waals surface area contributed by atoms with Gasteiger partial charge in [-0.25, -0.2) is 19.9 Å². The van der Waals surface area contributed by atoms with Crippen LogP contribution in [0.1, 0.15) is 24.6 Å². The zero-order valence-corrected chi connectivity index (χ0v) is 11.6. The zero-order chi connectivity index (χ0) is 13.1. The molecule has 3 heterocycles. The maximum absolute atomic E-state index is 4.63. The lowest BCUT2D eigenvalue weighted by Crippen LogP contribution is -2.08. The molecule has 0 fully saturated rings. The van der Waals surface area contributed by atoms with Gasteiger partial charge in [-0.2, -0.15) is 11.8 Å². The van der Waals surface area contributed by atoms with Crippen LogP contribution in [-0.4, -0.2) is 26.5 Å². The lowest BCUT2D eigenvalue weighted by Gasteiger charge is -2.10. The van der Waals surface area contributed by atoms with Crippen molar-refractivity contribution in [2.45, 2.75) is 24.9 Å². The van der Waals surface area contributed by atoms with Crippen molar-refractivity contribution in [2.75, 3.05) is 11.9 Å². The molecule has 0 radical (unpaired) electrons. The van der Waals surface area contributed by atoms with Crippen LogP contribution in [0, 0.1) is 0 Å². The molecule has 6 heteroatoms. The summed E-state index contributed by atoms with van der Waals surface area (Å²) in [6.07, 6.45) is 4.32. The first-order valence-corrected chi connectivity index (χ1v) is 7.51. The predicted molar refractivity (Wildman–Crippen MR) is 76.8 cm³/mol. The van der Waals surface area contributed by atoms with E-state index in [-0.39, 0.29) is 0 Å². The molecule has 2 aromatic rings. The molecule has 0 unspecified atom stereocenters. The summed E-state index contributed by atoms with van der Waals surface area (Å²) in [4.78, 5) is 17.4. The molecule has 0 atom stereocenters. The van der Waals surface area contributed by atoms with E-state index >= 15 is 0 Å². The van der Waals surface area contributed by atoms with E-state index in [1.807, 2.05) is 17.8 Å². The molecular weight excluding hydrogens is 258 g/mol. The van der Waals surface area contributed by atoms with Crippen LogP contribution >= 0.6 is 11.8 Å². The Hall–Kier alpha value is -1.69. The van der Waals surface area contributed by atoms with Crippen LogP contribution in [0.25, 0.3) is 11.5 Å². The molecule has 1 aliphatic heterocycles. The molecule has 0 aromatic carbocycles. The Morgan fingerprint density at radius 2 is 2.26 bits per heavy atom. The van der Waals surface area contributed by atoms with E-state index in [9.17, 15) is 0 Å². The second kappa shape index (κ2) is 5.52. The molecule has 5 nitrogen and oxygen atoms in total. The van der Waals surface area contributed by atoms with Gasteiger partial charge >= 0.3 is 0 Å². The van der Waals surface area contributed by atoms with Crippen LogP contribution < -0.4 is 5.32 Å². The third-order valence-electron chi connectivity index (χ3n) is 2.93. The lowest BCUT2D eigenvalue weighted by molar-refractivity contribution is 0.952. The van der Waals surface area contributed by atoms with Crippen LogP contribution in [0.4, 0.5) is 5.82 Å². The molecule has 19 heavy (non-hydrogen) atoms. The minimum absolute atomic E-state index is 0.683. The summed E-state index contributed by atoms with van der Waals surface area (Å²) in [7, 11) is 0. The predicted octanol–water partition coefficient (Wildman–Crippen LogP) is 2.50. The van der Waals surface area contributed by atoms with Crippen molar-refractivity contribution < 1.29 is 0 Å². The van der Waals surface area contributed by atoms with Gasteiger partial charge in [0.05, 0.1) is 5.69 Å². The van der Waals surface area contributed by atoms with E-state index in [4.69, 9.17) is 0 Å². The summed E-state index contributed by atoms with van der Waals surface area (Å²) in [5.41, 5.74) is 3.15. The van der Waals surface area contributed by atoms with Gasteiger partial charge in [-0.1, -0.05) is 6.92 Å². The van der Waals surface area contributed by atoms with E-state index in [0.29, 0.717) is 5.82 Å². The van der Waals surface area contributed by atoms with Crippen molar-refractivity contribution in [1.82, 2.24) is 19.9 Å². The van der Waals surface area contributed by atoms with Crippen LogP contribution in [0.5, 0.6) is 0 Å². The maximum Gasteiger partial charge on any atom is 0.180 e. The molecule has 0 bridgehead atoms. The molecule has 0 spiro atoms. The SMILES string of the molecule is CCCNc1nc(-c2ccncn2)nc2c1CSC2. The minimum atomic E-state index is 0.683. The highest BCUT2D eigenvalue weighted by atomic mass is 32.2. The highest BCUT2D eigenvalue weighted by molar-refractivity contribution is 7.98. The molecule has 98 valence electrons. The Labute approximate surface area is 116 Å². The number of nitrogens with one attached hydrogen (secondary N) is 1. The molecular formula is C13H15N5S. The molecule has 1 aliphatic rings. The van der Waals surface area contributed by atoms with Crippen LogP contribution in [-0.2, 0) is 11.5 Å². The molecule has 1 N–H and O–H groups in total. The number of hydrogen-bond acceptors (Lipinski definition) is 6. The number of hydrogen-bond donors (Lipinski definition) is 1. The first-order valence-electron chi connectivity index (χ1n) is 6.36. The summed E-state index contributed by atoms with van der Waals surface area (Å²) in [6, 6.07) is 1.84. The summed E-state index contributed by atoms with van der Waals surface area (Å²) in [5, 5.41) is 3.40. The first-order chi connectivity index (χ1) is 9.38. The quantitative estimate of drug-likeness (QED) is 0.923. The molecule has 2 aromatic heterocycles. The lowest BCUT2D eigenvalue weighted by atomic mass is 10.2. The molecule has 0 saturated heterocycles. The smallest absolute Gasteiger partial charge is 0.180 e. The number of fused-ring (bicyclic) bond motifs is 1. The van der Waals surface area contributed by atoms with Gasteiger partial charge in [0.15, 0.2) is 5.82 Å². The Balaban J connectivity index is 2.02. The van der Waals surface area contributed by atoms with E-state index in [0.717, 1.165) is 41.7 Å². The second-order valence-electron chi connectivity index (χ2n) is 4.34. The highest BCUT2D eigenvalue weighted by Gasteiger charge is 2.20. The maximum atomic E-state index is 4.63. The normalized spacial score (nSPS) is 13.3. The van der Waals surface area contributed by atoms with Gasteiger partial charge in [0.2, 0.25) is 0 Å². The van der Waals surface area contributed by atoms with Crippen molar-refractivity contribution in [3.63, 3.8) is 0 Å². The molecule has 3 rings (SSSR count). The van der Waals surface area contributed by atoms with Crippen molar-refractivity contribution >= 4 is 17.6 Å². The Morgan fingerprint density at radius 1 is 1.32 bits per heavy atom. The summed E-state index contributed by atoms with van der Waals surface area (Å²) in [5.74, 6) is 3.59. The number of thioether (sulfide) groups is 1. The van der Waals surface area contributed by atoms with E-state index in [2.05, 4.69) is 32.2 Å². The van der Waals surface area contributed by atoms with Gasteiger partial charge in [0, 0.05) is 29.8 Å². The summed E-state index contributed by atoms with van der Waals surface area (Å²) in [6.45, 7) is 3.08. The van der Waals surface area contributed by atoms with Gasteiger partial charge in [0.25, 0.3) is 0 Å². The molecule has 0 aliphatic carbocycles. The fourth-order valence-corrected chi connectivity index (χ4v) is 3.02. The van der Waals surface area contributed by atoms with E-state index in [1.54, 1.807) is 6.20 Å². The molecule has 0 saturated carbocycles. The summed E-state index contributed by atoms with van der Waals surface area (Å²) >= 11 is 1.88. The van der Waals surface area contributed by atoms with E-state index < -0.39 is 0 Å². The van der Waals surface area contributed by atoms with Crippen LogP contribution in [0.3, 0.4) is 0 Å². The van der Waals surface area contributed by atoms with Crippen LogP contribution in [0.2, 0.25) is 0 Å². The number of nitrogens with zero attached hydrogens (tertiary/aromatic N) is 4. The standard InChI is InChI=1S/C13H15N5S/c1-2-4-15-12-9-6-19-7-11(9)17-13(18-12)10-3-5-14-8-16-10/h3,5,8H,2,4,6-7H2,1H3,(H,15,17,18). The fraction of sp³-hybridized carbons (Fsp3) is 0.385. The zero-order valence-electron chi connectivity index (χ0n) is 10.8. The van der Waals surface area contributed by atoms with Crippen molar-refractivity contribution in [3.8, 4) is 11.5 Å². The fourth-order valence-electron chi connectivity index (χ4n) is 1.98. The molecule has 0 amide bonds. The van der Waals surface area contributed by atoms with E-state index in [1.165, 1.54) is 11.9 Å². The minimum Gasteiger partial charge on any atom is -0.370 e. The first kappa shape index (κ1) is 12.3. The van der Waals surface area contributed by atoms with Crippen molar-refractivity contribution in [3.05, 3.63) is 29.8 Å². The third-order valence-corrected chi connectivity index (χ3v) is 3.90. The number of aromatic nitrogens is 4. The Kier molecular flexibility index (Phi) is 3.59. The third kappa shape index (κ3) is 2.53. The second-order valence-corrected chi connectivity index (χ2v) is 5.32. The van der Waals surface area contributed by atoms with Crippen molar-refractivity contribution in [1.29, 1.82) is 0 Å². The highest BCUT2D eigenvalue weighted by Crippen LogP contribution is 2.34. The Bertz CT molecular complexity index is 573. The van der Waals surface area contributed by atoms with Gasteiger partial charge < -0.3 is 5.32 Å². The van der Waals surface area contributed by atoms with Gasteiger partial charge in [-0.3, -0.25) is 0 Å². The van der Waals surface area contributed by atoms with Crippen LogP contribution in [0.15, 0.2) is 18.6 Å². The van der Waals surface area contributed by atoms with Gasteiger partial charge in [-0.15, -0.1) is 0 Å². The Morgan fingerprint density at radius 3 is 3.05 bits per heavy atom. The summed E-state index contributed by atoms with van der Waals surface area (Å²) < 4.78 is 0. The average molecular weight is 273 g/mol. The average Bonchev–Trinajstić information content (AvgIpc) is 2.94. The number of anilines is 1. The monoisotopic (exact) mass is 273 g/mol. The van der Waals surface area contributed by atoms with Crippen molar-refractivity contribution in [2.24, 2.45) is 0 Å².